The van der Waals surface area contributed by atoms with Gasteiger partial charge in [-0.2, -0.15) is 18.2 Å². The van der Waals surface area contributed by atoms with Crippen LogP contribution in [0.15, 0.2) is 27.6 Å². The van der Waals surface area contributed by atoms with Crippen molar-refractivity contribution in [3.05, 3.63) is 73.4 Å². The van der Waals surface area contributed by atoms with Gasteiger partial charge in [0.25, 0.3) is 5.56 Å². The Bertz CT molecular complexity index is 1330. The van der Waals surface area contributed by atoms with Gasteiger partial charge < -0.3 is 15.6 Å². The van der Waals surface area contributed by atoms with Crippen molar-refractivity contribution in [3.8, 4) is 5.88 Å². The Kier molecular flexibility index (Phi) is 9.01. The van der Waals surface area contributed by atoms with E-state index in [4.69, 9.17) is 20.4 Å². The van der Waals surface area contributed by atoms with Crippen molar-refractivity contribution in [2.24, 2.45) is 0 Å². The van der Waals surface area contributed by atoms with Crippen LogP contribution >= 0.6 is 15.9 Å². The average Bonchev–Trinajstić information content (AvgIpc) is 2.75. The van der Waals surface area contributed by atoms with E-state index in [1.807, 2.05) is 0 Å². The van der Waals surface area contributed by atoms with E-state index < -0.39 is 47.3 Å². The van der Waals surface area contributed by atoms with Gasteiger partial charge in [-0.15, -0.1) is 0 Å². The zero-order valence-electron chi connectivity index (χ0n) is 18.3. The molecule has 0 radical (unpaired) electrons. The Hall–Kier alpha value is -3.69. The number of anilines is 1. The summed E-state index contributed by atoms with van der Waals surface area (Å²) in [7, 11) is 0. The first-order chi connectivity index (χ1) is 16.6. The summed E-state index contributed by atoms with van der Waals surface area (Å²) in [6.45, 7) is 2.74. The predicted octanol–water partition coefficient (Wildman–Crippen LogP) is 3.67. The molecule has 0 aliphatic rings. The van der Waals surface area contributed by atoms with Gasteiger partial charge in [0.15, 0.2) is 0 Å². The fraction of sp³-hybridized carbons (Fsp3) is 0.250. The summed E-state index contributed by atoms with van der Waals surface area (Å²) in [4.78, 5) is 33.9. The van der Waals surface area contributed by atoms with Crippen LogP contribution in [0.4, 0.5) is 32.2 Å². The van der Waals surface area contributed by atoms with E-state index in [9.17, 15) is 31.1 Å². The minimum absolute atomic E-state index is 0.0439. The lowest BCUT2D eigenvalue weighted by Crippen LogP contribution is -2.26. The second kappa shape index (κ2) is 11.4. The lowest BCUT2D eigenvalue weighted by atomic mass is 10.2. The van der Waals surface area contributed by atoms with Gasteiger partial charge in [-0.05, 0) is 29.8 Å². The summed E-state index contributed by atoms with van der Waals surface area (Å²) in [6, 6.07) is 1.09. The molecular weight excluding hydrogens is 568 g/mol. The summed E-state index contributed by atoms with van der Waals surface area (Å²) < 4.78 is 78.9. The largest absolute Gasteiger partial charge is 0.490 e. The van der Waals surface area contributed by atoms with E-state index in [1.54, 1.807) is 13.8 Å². The first-order valence-corrected chi connectivity index (χ1v) is 10.3. The number of carboxylic acids is 1. The van der Waals surface area contributed by atoms with E-state index in [1.165, 1.54) is 10.8 Å². The third-order valence-electron chi connectivity index (χ3n) is 4.32. The van der Waals surface area contributed by atoms with Crippen LogP contribution < -0.4 is 16.0 Å². The zero-order valence-corrected chi connectivity index (χ0v) is 19.9. The topological polar surface area (TPSA) is 133 Å². The highest BCUT2D eigenvalue weighted by atomic mass is 79.9. The van der Waals surface area contributed by atoms with Gasteiger partial charge in [-0.25, -0.2) is 27.9 Å². The van der Waals surface area contributed by atoms with Crippen LogP contribution in [-0.2, 0) is 17.9 Å². The van der Waals surface area contributed by atoms with Crippen molar-refractivity contribution in [2.75, 3.05) is 5.73 Å². The predicted molar refractivity (Wildman–Crippen MR) is 116 cm³/mol. The number of nitrogen functional groups attached to an aromatic ring is 1. The van der Waals surface area contributed by atoms with Crippen molar-refractivity contribution < 1.29 is 41.0 Å². The molecule has 3 aromatic rings. The maximum Gasteiger partial charge on any atom is 0.490 e. The summed E-state index contributed by atoms with van der Waals surface area (Å²) in [6.07, 6.45) is -3.57. The summed E-state index contributed by atoms with van der Waals surface area (Å²) in [5.74, 6) is -5.14. The van der Waals surface area contributed by atoms with Gasteiger partial charge in [-0.1, -0.05) is 0 Å². The Labute approximate surface area is 206 Å². The molecule has 0 fully saturated rings. The van der Waals surface area contributed by atoms with Crippen LogP contribution in [0.5, 0.6) is 5.88 Å². The number of alkyl halides is 3. The molecular formula is C20H16BrF6N5O4. The van der Waals surface area contributed by atoms with E-state index in [0.717, 1.165) is 0 Å². The second-order valence-electron chi connectivity index (χ2n) is 6.94. The minimum atomic E-state index is -5.08. The van der Waals surface area contributed by atoms with Crippen LogP contribution in [0.2, 0.25) is 0 Å². The number of nitrogens with two attached hydrogens (primary N) is 1. The lowest BCUT2D eigenvalue weighted by Gasteiger charge is -2.14. The molecule has 2 heterocycles. The summed E-state index contributed by atoms with van der Waals surface area (Å²) >= 11 is 3.10. The molecule has 0 aliphatic carbocycles. The number of benzene rings is 1. The Morgan fingerprint density at radius 3 is 2.22 bits per heavy atom. The van der Waals surface area contributed by atoms with Crippen molar-refractivity contribution in [2.45, 2.75) is 33.2 Å². The number of aryl methyl sites for hydroxylation is 2. The molecule has 2 aromatic heterocycles. The van der Waals surface area contributed by atoms with Crippen LogP contribution in [0.1, 0.15) is 22.8 Å². The van der Waals surface area contributed by atoms with E-state index in [-0.39, 0.29) is 28.5 Å². The molecule has 1 aromatic carbocycles. The first kappa shape index (κ1) is 28.5. The number of carbonyl (C=O) groups is 1. The smallest absolute Gasteiger partial charge is 0.475 e. The van der Waals surface area contributed by atoms with Crippen molar-refractivity contribution >= 4 is 27.7 Å². The molecule has 0 unspecified atom stereocenters. The molecule has 36 heavy (non-hydrogen) atoms. The quantitative estimate of drug-likeness (QED) is 0.435. The van der Waals surface area contributed by atoms with Crippen LogP contribution in [0.25, 0.3) is 0 Å². The molecule has 0 saturated carbocycles. The number of halogens is 7. The van der Waals surface area contributed by atoms with Crippen LogP contribution in [-0.4, -0.2) is 36.8 Å². The van der Waals surface area contributed by atoms with Crippen LogP contribution in [0, 0.1) is 31.3 Å². The number of ether oxygens (including phenoxy) is 1. The fourth-order valence-corrected chi connectivity index (χ4v) is 2.97. The summed E-state index contributed by atoms with van der Waals surface area (Å²) in [5.41, 5.74) is 5.42. The Morgan fingerprint density at radius 1 is 1.17 bits per heavy atom. The first-order valence-electron chi connectivity index (χ1n) is 9.53. The van der Waals surface area contributed by atoms with E-state index >= 15 is 0 Å². The highest BCUT2D eigenvalue weighted by Crippen LogP contribution is 2.23. The lowest BCUT2D eigenvalue weighted by molar-refractivity contribution is -0.192. The Morgan fingerprint density at radius 2 is 1.72 bits per heavy atom. The molecule has 0 amide bonds. The SMILES string of the molecule is Cc1ncc(Cn2c(C)nc(OCc3c(F)cc(F)cc3F)c(Br)c2=O)c(N)n1.O=C(O)C(F)(F)F. The number of hydrogen-bond acceptors (Lipinski definition) is 7. The maximum absolute atomic E-state index is 13.8. The highest BCUT2D eigenvalue weighted by molar-refractivity contribution is 9.10. The molecule has 0 spiro atoms. The minimum Gasteiger partial charge on any atom is -0.475 e. The third kappa shape index (κ3) is 7.16. The average molecular weight is 584 g/mol. The third-order valence-corrected chi connectivity index (χ3v) is 5.00. The zero-order chi connectivity index (χ0) is 27.4. The standard InChI is InChI=1S/C18H15BrF3N5O2.C2HF3O2/c1-8-24-5-10(16(23)25-8)6-27-9(2)26-17(15(19)18(27)28)29-7-12-13(21)3-11(20)4-14(12)22;3-2(4,5)1(6)7/h3-5H,6-7H2,1-2H3,(H2,23,24,25);(H,6,7). The molecule has 0 bridgehead atoms. The second-order valence-corrected chi connectivity index (χ2v) is 7.73. The number of carboxylic acid groups (broad SMARTS) is 1. The molecule has 194 valence electrons. The number of aromatic nitrogens is 4. The van der Waals surface area contributed by atoms with Gasteiger partial charge in [0.1, 0.15) is 46.0 Å². The van der Waals surface area contributed by atoms with Gasteiger partial charge >= 0.3 is 12.1 Å². The summed E-state index contributed by atoms with van der Waals surface area (Å²) in [5, 5.41) is 7.12. The number of nitrogens with zero attached hydrogens (tertiary/aromatic N) is 4. The number of rotatable bonds is 5. The molecule has 16 heteroatoms. The van der Waals surface area contributed by atoms with E-state index in [0.29, 0.717) is 23.5 Å². The van der Waals surface area contributed by atoms with Crippen molar-refractivity contribution in [3.63, 3.8) is 0 Å². The fourth-order valence-electron chi connectivity index (χ4n) is 2.55. The van der Waals surface area contributed by atoms with Crippen LogP contribution in [0.3, 0.4) is 0 Å². The van der Waals surface area contributed by atoms with Crippen molar-refractivity contribution in [1.82, 2.24) is 19.5 Å². The van der Waals surface area contributed by atoms with Gasteiger partial charge in [-0.3, -0.25) is 9.36 Å². The molecule has 0 atom stereocenters. The van der Waals surface area contributed by atoms with Gasteiger partial charge in [0.05, 0.1) is 12.1 Å². The maximum atomic E-state index is 13.8. The molecule has 9 nitrogen and oxygen atoms in total. The van der Waals surface area contributed by atoms with Gasteiger partial charge in [0.2, 0.25) is 5.88 Å². The number of aliphatic carboxylic acids is 1. The van der Waals surface area contributed by atoms with Crippen molar-refractivity contribution in [1.29, 1.82) is 0 Å². The normalized spacial score (nSPS) is 11.0. The molecule has 3 N–H and O–H groups in total. The molecule has 0 aliphatic heterocycles. The molecule has 3 rings (SSSR count). The Balaban J connectivity index is 0.000000572. The number of hydrogen-bond donors (Lipinski definition) is 2. The highest BCUT2D eigenvalue weighted by Gasteiger charge is 2.38. The van der Waals surface area contributed by atoms with Gasteiger partial charge in [0, 0.05) is 23.9 Å². The monoisotopic (exact) mass is 583 g/mol. The molecule has 0 saturated heterocycles. The van der Waals surface area contributed by atoms with E-state index in [2.05, 4.69) is 30.9 Å².